The Balaban J connectivity index is 1.76. The molecule has 1 fully saturated rings. The number of anilines is 1. The number of hydrogen-bond donors (Lipinski definition) is 1. The summed E-state index contributed by atoms with van der Waals surface area (Å²) in [5.74, 6) is -0.285. The van der Waals surface area contributed by atoms with Gasteiger partial charge in [0.2, 0.25) is 15.9 Å². The third-order valence-corrected chi connectivity index (χ3v) is 5.44. The van der Waals surface area contributed by atoms with Crippen LogP contribution in [-0.4, -0.2) is 83.2 Å². The second-order valence-electron chi connectivity index (χ2n) is 6.45. The van der Waals surface area contributed by atoms with Crippen LogP contribution in [0.1, 0.15) is 6.42 Å². The van der Waals surface area contributed by atoms with Crippen LogP contribution < -0.4 is 9.62 Å². The van der Waals surface area contributed by atoms with Gasteiger partial charge in [-0.25, -0.2) is 8.42 Å². The van der Waals surface area contributed by atoms with E-state index in [1.54, 1.807) is 24.3 Å². The molecule has 0 unspecified atom stereocenters. The first-order valence-corrected chi connectivity index (χ1v) is 10.4. The van der Waals surface area contributed by atoms with E-state index in [2.05, 4.69) is 22.2 Å². The summed E-state index contributed by atoms with van der Waals surface area (Å²) in [7, 11) is -1.38. The second kappa shape index (κ2) is 9.17. The highest BCUT2D eigenvalue weighted by molar-refractivity contribution is 7.92. The Morgan fingerprint density at radius 3 is 2.40 bits per heavy atom. The Hall–Kier alpha value is -1.64. The van der Waals surface area contributed by atoms with Gasteiger partial charge in [0, 0.05) is 32.7 Å². The summed E-state index contributed by atoms with van der Waals surface area (Å²) in [6.45, 7) is 5.57. The number of piperazine rings is 1. The van der Waals surface area contributed by atoms with Crippen LogP contribution in [-0.2, 0) is 14.8 Å². The molecule has 1 aromatic rings. The van der Waals surface area contributed by atoms with Gasteiger partial charge in [-0.2, -0.15) is 0 Å². The van der Waals surface area contributed by atoms with Crippen LogP contribution in [0.25, 0.3) is 0 Å². The topological polar surface area (TPSA) is 73.0 Å². The molecule has 0 radical (unpaired) electrons. The number of nitrogens with zero attached hydrogens (tertiary/aromatic N) is 3. The molecule has 0 spiro atoms. The van der Waals surface area contributed by atoms with Gasteiger partial charge in [-0.05, 0) is 32.1 Å². The largest absolute Gasteiger partial charge is 0.354 e. The van der Waals surface area contributed by atoms with Crippen molar-refractivity contribution in [3.63, 3.8) is 0 Å². The summed E-state index contributed by atoms with van der Waals surface area (Å²) >= 11 is 0. The van der Waals surface area contributed by atoms with Gasteiger partial charge >= 0.3 is 0 Å². The molecule has 0 saturated carbocycles. The van der Waals surface area contributed by atoms with Crippen LogP contribution in [0.4, 0.5) is 5.69 Å². The Kier molecular flexibility index (Phi) is 7.22. The van der Waals surface area contributed by atoms with E-state index in [0.29, 0.717) is 12.2 Å². The normalized spacial score (nSPS) is 16.6. The monoisotopic (exact) mass is 368 g/mol. The van der Waals surface area contributed by atoms with Crippen molar-refractivity contribution in [1.29, 1.82) is 0 Å². The van der Waals surface area contributed by atoms with E-state index >= 15 is 0 Å². The molecule has 0 bridgehead atoms. The number of rotatable bonds is 8. The lowest BCUT2D eigenvalue weighted by molar-refractivity contribution is -0.119. The summed E-state index contributed by atoms with van der Waals surface area (Å²) in [5, 5.41) is 2.82. The Bertz CT molecular complexity index is 643. The summed E-state index contributed by atoms with van der Waals surface area (Å²) in [6, 6.07) is 8.68. The smallest absolute Gasteiger partial charge is 0.240 e. The summed E-state index contributed by atoms with van der Waals surface area (Å²) in [6.07, 6.45) is 1.97. The Morgan fingerprint density at radius 1 is 1.16 bits per heavy atom. The van der Waals surface area contributed by atoms with Crippen LogP contribution in [0.3, 0.4) is 0 Å². The molecule has 1 amide bonds. The van der Waals surface area contributed by atoms with Crippen LogP contribution >= 0.6 is 0 Å². The first-order chi connectivity index (χ1) is 11.9. The van der Waals surface area contributed by atoms with Gasteiger partial charge in [0.25, 0.3) is 0 Å². The summed E-state index contributed by atoms with van der Waals surface area (Å²) in [5.41, 5.74) is 0.498. The predicted octanol–water partition coefficient (Wildman–Crippen LogP) is 0.206. The Morgan fingerprint density at radius 2 is 1.80 bits per heavy atom. The van der Waals surface area contributed by atoms with E-state index in [0.717, 1.165) is 49.7 Å². The average molecular weight is 369 g/mol. The van der Waals surface area contributed by atoms with Gasteiger partial charge in [-0.15, -0.1) is 0 Å². The molecule has 0 atom stereocenters. The number of likely N-dealkylation sites (N-methyl/N-ethyl adjacent to an activating group) is 1. The number of hydrogen-bond acceptors (Lipinski definition) is 5. The zero-order valence-corrected chi connectivity index (χ0v) is 15.8. The van der Waals surface area contributed by atoms with Gasteiger partial charge in [0.15, 0.2) is 0 Å². The molecule has 2 rings (SSSR count). The van der Waals surface area contributed by atoms with Crippen LogP contribution in [0, 0.1) is 0 Å². The minimum absolute atomic E-state index is 0.197. The zero-order valence-electron chi connectivity index (χ0n) is 15.0. The van der Waals surface area contributed by atoms with E-state index in [-0.39, 0.29) is 12.5 Å². The molecule has 1 heterocycles. The highest BCUT2D eigenvalue weighted by Crippen LogP contribution is 2.16. The highest BCUT2D eigenvalue weighted by Gasteiger charge is 2.20. The lowest BCUT2D eigenvalue weighted by Crippen LogP contribution is -2.45. The molecule has 7 nitrogen and oxygen atoms in total. The molecule has 1 saturated heterocycles. The maximum Gasteiger partial charge on any atom is 0.240 e. The molecule has 140 valence electrons. The molecule has 1 aromatic carbocycles. The third-order valence-electron chi connectivity index (χ3n) is 4.30. The van der Waals surface area contributed by atoms with E-state index in [9.17, 15) is 13.2 Å². The zero-order chi connectivity index (χ0) is 18.3. The van der Waals surface area contributed by atoms with Gasteiger partial charge in [-0.1, -0.05) is 18.2 Å². The minimum Gasteiger partial charge on any atom is -0.354 e. The number of nitrogens with one attached hydrogen (secondary N) is 1. The van der Waals surface area contributed by atoms with E-state index in [1.165, 1.54) is 0 Å². The van der Waals surface area contributed by atoms with Gasteiger partial charge < -0.3 is 15.1 Å². The van der Waals surface area contributed by atoms with E-state index in [1.807, 2.05) is 6.07 Å². The quantitative estimate of drug-likeness (QED) is 0.664. The standard InChI is InChI=1S/C17H28N4O3S/c1-19-11-13-20(14-12-19)10-6-9-18-17(22)15-21(25(2,23)24)16-7-4-3-5-8-16/h3-5,7-8H,6,9-15H2,1-2H3,(H,18,22). The molecular weight excluding hydrogens is 340 g/mol. The number of para-hydroxylation sites is 1. The average Bonchev–Trinajstić information content (AvgIpc) is 2.58. The van der Waals surface area contributed by atoms with Crippen molar-refractivity contribution in [2.75, 3.05) is 63.4 Å². The maximum atomic E-state index is 12.1. The second-order valence-corrected chi connectivity index (χ2v) is 8.36. The number of carbonyl (C=O) groups is 1. The van der Waals surface area contributed by atoms with E-state index < -0.39 is 10.0 Å². The first-order valence-electron chi connectivity index (χ1n) is 8.56. The van der Waals surface area contributed by atoms with Crippen molar-refractivity contribution < 1.29 is 13.2 Å². The molecule has 25 heavy (non-hydrogen) atoms. The lowest BCUT2D eigenvalue weighted by Gasteiger charge is -2.32. The minimum atomic E-state index is -3.51. The summed E-state index contributed by atoms with van der Waals surface area (Å²) < 4.78 is 25.1. The van der Waals surface area contributed by atoms with Crippen LogP contribution in [0.15, 0.2) is 30.3 Å². The number of amides is 1. The van der Waals surface area contributed by atoms with Crippen molar-refractivity contribution >= 4 is 21.6 Å². The molecule has 0 aliphatic carbocycles. The SMILES string of the molecule is CN1CCN(CCCNC(=O)CN(c2ccccc2)S(C)(=O)=O)CC1. The fourth-order valence-electron chi connectivity index (χ4n) is 2.78. The molecule has 1 N–H and O–H groups in total. The fourth-order valence-corrected chi connectivity index (χ4v) is 3.64. The number of sulfonamides is 1. The number of carbonyl (C=O) groups excluding carboxylic acids is 1. The molecule has 1 aliphatic heterocycles. The fraction of sp³-hybridized carbons (Fsp3) is 0.588. The predicted molar refractivity (Wildman–Crippen MR) is 100 cm³/mol. The highest BCUT2D eigenvalue weighted by atomic mass is 32.2. The molecule has 1 aliphatic rings. The van der Waals surface area contributed by atoms with Crippen molar-refractivity contribution in [3.8, 4) is 0 Å². The van der Waals surface area contributed by atoms with Crippen molar-refractivity contribution in [2.45, 2.75) is 6.42 Å². The van der Waals surface area contributed by atoms with E-state index in [4.69, 9.17) is 0 Å². The molecule has 0 aromatic heterocycles. The van der Waals surface area contributed by atoms with Crippen molar-refractivity contribution in [3.05, 3.63) is 30.3 Å². The van der Waals surface area contributed by atoms with Crippen molar-refractivity contribution in [2.24, 2.45) is 0 Å². The van der Waals surface area contributed by atoms with Gasteiger partial charge in [0.05, 0.1) is 11.9 Å². The molecular formula is C17H28N4O3S. The third kappa shape index (κ3) is 6.64. The maximum absolute atomic E-state index is 12.1. The molecule has 8 heteroatoms. The van der Waals surface area contributed by atoms with Crippen molar-refractivity contribution in [1.82, 2.24) is 15.1 Å². The summed E-state index contributed by atoms with van der Waals surface area (Å²) in [4.78, 5) is 16.8. The van der Waals surface area contributed by atoms with Gasteiger partial charge in [-0.3, -0.25) is 9.10 Å². The van der Waals surface area contributed by atoms with Gasteiger partial charge in [0.1, 0.15) is 6.54 Å². The van der Waals surface area contributed by atoms with Crippen LogP contribution in [0.2, 0.25) is 0 Å². The van der Waals surface area contributed by atoms with Crippen LogP contribution in [0.5, 0.6) is 0 Å². The number of benzene rings is 1. The Labute approximate surface area is 150 Å². The first kappa shape index (κ1) is 19.7. The lowest BCUT2D eigenvalue weighted by atomic mass is 10.3.